The molecule has 3 aromatic rings. The molecule has 0 aliphatic heterocycles. The molecule has 0 unspecified atom stereocenters. The molecule has 24 heavy (non-hydrogen) atoms. The molecular formula is C23H26Si. The van der Waals surface area contributed by atoms with Crippen LogP contribution in [0.3, 0.4) is 0 Å². The summed E-state index contributed by atoms with van der Waals surface area (Å²) in [5, 5.41) is 4.49. The molecule has 0 spiro atoms. The second-order valence-electron chi connectivity index (χ2n) is 7.74. The molecule has 0 heterocycles. The summed E-state index contributed by atoms with van der Waals surface area (Å²) in [6.07, 6.45) is 0. The van der Waals surface area contributed by atoms with Gasteiger partial charge in [0.2, 0.25) is 0 Å². The molecule has 3 aromatic carbocycles. The quantitative estimate of drug-likeness (QED) is 0.497. The highest BCUT2D eigenvalue weighted by atomic mass is 28.3. The molecule has 1 heteroatoms. The van der Waals surface area contributed by atoms with Gasteiger partial charge >= 0.3 is 0 Å². The van der Waals surface area contributed by atoms with Gasteiger partial charge < -0.3 is 0 Å². The zero-order chi connectivity index (χ0) is 17.0. The predicted molar refractivity (Wildman–Crippen MR) is 108 cm³/mol. The summed E-state index contributed by atoms with van der Waals surface area (Å²) in [5.41, 5.74) is 0.258. The minimum absolute atomic E-state index is 0.258. The van der Waals surface area contributed by atoms with Crippen molar-refractivity contribution >= 4 is 23.6 Å². The standard InChI is InChI=1S/C23H26Si/c1-23(2,3)19-24(20-13-7-4-8-14-20,21-15-9-5-10-16-21)22-17-11-6-12-18-22/h4-18H,19H2,1-3H3. The largest absolute Gasteiger partial charge is 0.148 e. The van der Waals surface area contributed by atoms with Crippen LogP contribution in [0.2, 0.25) is 6.04 Å². The van der Waals surface area contributed by atoms with Gasteiger partial charge in [-0.1, -0.05) is 112 Å². The van der Waals surface area contributed by atoms with Crippen molar-refractivity contribution in [2.24, 2.45) is 5.41 Å². The number of hydrogen-bond donors (Lipinski definition) is 0. The number of rotatable bonds is 4. The van der Waals surface area contributed by atoms with Gasteiger partial charge in [0.05, 0.1) is 0 Å². The molecule has 0 fully saturated rings. The highest BCUT2D eigenvalue weighted by Crippen LogP contribution is 2.27. The Morgan fingerprint density at radius 1 is 0.542 bits per heavy atom. The van der Waals surface area contributed by atoms with E-state index < -0.39 is 8.07 Å². The first kappa shape index (κ1) is 16.7. The van der Waals surface area contributed by atoms with Crippen LogP contribution in [0, 0.1) is 5.41 Å². The van der Waals surface area contributed by atoms with Gasteiger partial charge in [-0.15, -0.1) is 0 Å². The van der Waals surface area contributed by atoms with E-state index in [1.165, 1.54) is 21.6 Å². The molecule has 3 rings (SSSR count). The maximum Gasteiger partial charge on any atom is 0.148 e. The fraction of sp³-hybridized carbons (Fsp3) is 0.217. The first-order chi connectivity index (χ1) is 11.5. The monoisotopic (exact) mass is 330 g/mol. The van der Waals surface area contributed by atoms with E-state index in [1.54, 1.807) is 0 Å². The van der Waals surface area contributed by atoms with Crippen molar-refractivity contribution in [2.45, 2.75) is 26.8 Å². The molecule has 0 bridgehead atoms. The Balaban J connectivity index is 2.33. The lowest BCUT2D eigenvalue weighted by molar-refractivity contribution is 0.464. The first-order valence-corrected chi connectivity index (χ1v) is 10.9. The van der Waals surface area contributed by atoms with E-state index in [4.69, 9.17) is 0 Å². The molecule has 0 nitrogen and oxygen atoms in total. The van der Waals surface area contributed by atoms with Gasteiger partial charge in [0.25, 0.3) is 0 Å². The van der Waals surface area contributed by atoms with E-state index in [0.717, 1.165) is 0 Å². The van der Waals surface area contributed by atoms with Crippen LogP contribution >= 0.6 is 0 Å². The van der Waals surface area contributed by atoms with E-state index in [1.807, 2.05) is 0 Å². The van der Waals surface area contributed by atoms with Crippen molar-refractivity contribution in [1.29, 1.82) is 0 Å². The van der Waals surface area contributed by atoms with E-state index in [2.05, 4.69) is 112 Å². The maximum absolute atomic E-state index is 2.36. The lowest BCUT2D eigenvalue weighted by atomic mass is 10.0. The third-order valence-electron chi connectivity index (χ3n) is 4.60. The number of hydrogen-bond acceptors (Lipinski definition) is 0. The predicted octanol–water partition coefficient (Wildman–Crippen LogP) is 4.20. The smallest absolute Gasteiger partial charge is 0.0624 e. The van der Waals surface area contributed by atoms with E-state index >= 15 is 0 Å². The third-order valence-corrected chi connectivity index (χ3v) is 10.1. The Kier molecular flexibility index (Phi) is 4.73. The highest BCUT2D eigenvalue weighted by molar-refractivity contribution is 7.11. The Morgan fingerprint density at radius 3 is 1.08 bits per heavy atom. The van der Waals surface area contributed by atoms with Crippen molar-refractivity contribution in [3.63, 3.8) is 0 Å². The average molecular weight is 331 g/mol. The van der Waals surface area contributed by atoms with Crippen molar-refractivity contribution in [2.75, 3.05) is 0 Å². The molecule has 122 valence electrons. The molecule has 0 saturated heterocycles. The van der Waals surface area contributed by atoms with Crippen LogP contribution < -0.4 is 15.6 Å². The van der Waals surface area contributed by atoms with E-state index in [-0.39, 0.29) is 5.41 Å². The molecule has 0 N–H and O–H groups in total. The zero-order valence-corrected chi connectivity index (χ0v) is 15.9. The van der Waals surface area contributed by atoms with Gasteiger partial charge in [-0.25, -0.2) is 0 Å². The molecule has 0 aliphatic carbocycles. The molecule has 0 atom stereocenters. The van der Waals surface area contributed by atoms with Gasteiger partial charge in [-0.2, -0.15) is 0 Å². The van der Waals surface area contributed by atoms with Gasteiger partial charge in [-0.05, 0) is 27.0 Å². The van der Waals surface area contributed by atoms with Crippen molar-refractivity contribution in [1.82, 2.24) is 0 Å². The van der Waals surface area contributed by atoms with Crippen LogP contribution in [0.15, 0.2) is 91.0 Å². The van der Waals surface area contributed by atoms with Crippen molar-refractivity contribution in [3.05, 3.63) is 91.0 Å². The summed E-state index contributed by atoms with van der Waals surface area (Å²) in [6, 6.07) is 34.7. The topological polar surface area (TPSA) is 0 Å². The Labute approximate surface area is 147 Å². The van der Waals surface area contributed by atoms with Crippen LogP contribution in [0.25, 0.3) is 0 Å². The fourth-order valence-corrected chi connectivity index (χ4v) is 9.26. The molecule has 0 aromatic heterocycles. The van der Waals surface area contributed by atoms with E-state index in [0.29, 0.717) is 0 Å². The first-order valence-electron chi connectivity index (χ1n) is 8.69. The summed E-state index contributed by atoms with van der Waals surface area (Å²) in [4.78, 5) is 0. The summed E-state index contributed by atoms with van der Waals surface area (Å²) < 4.78 is 0. The summed E-state index contributed by atoms with van der Waals surface area (Å²) >= 11 is 0. The highest BCUT2D eigenvalue weighted by Gasteiger charge is 2.41. The zero-order valence-electron chi connectivity index (χ0n) is 14.9. The van der Waals surface area contributed by atoms with Gasteiger partial charge in [0.1, 0.15) is 8.07 Å². The maximum atomic E-state index is 2.36. The van der Waals surface area contributed by atoms with Gasteiger partial charge in [-0.3, -0.25) is 0 Å². The van der Waals surface area contributed by atoms with Gasteiger partial charge in [0, 0.05) is 0 Å². The average Bonchev–Trinajstić information content (AvgIpc) is 2.61. The van der Waals surface area contributed by atoms with Crippen LogP contribution in [0.1, 0.15) is 20.8 Å². The summed E-state index contributed by atoms with van der Waals surface area (Å²) in [6.45, 7) is 7.09. The van der Waals surface area contributed by atoms with Crippen LogP contribution in [0.4, 0.5) is 0 Å². The summed E-state index contributed by atoms with van der Waals surface area (Å²) in [5.74, 6) is 0. The molecule has 0 radical (unpaired) electrons. The second kappa shape index (κ2) is 6.78. The molecular weight excluding hydrogens is 304 g/mol. The third kappa shape index (κ3) is 3.37. The van der Waals surface area contributed by atoms with Crippen LogP contribution in [0.5, 0.6) is 0 Å². The molecule has 0 amide bonds. The number of benzene rings is 3. The lowest BCUT2D eigenvalue weighted by Gasteiger charge is -2.38. The second-order valence-corrected chi connectivity index (χ2v) is 11.6. The van der Waals surface area contributed by atoms with Crippen LogP contribution in [-0.2, 0) is 0 Å². The van der Waals surface area contributed by atoms with E-state index in [9.17, 15) is 0 Å². The molecule has 0 saturated carbocycles. The van der Waals surface area contributed by atoms with Crippen LogP contribution in [-0.4, -0.2) is 8.07 Å². The minimum atomic E-state index is -2.06. The lowest BCUT2D eigenvalue weighted by Crippen LogP contribution is -2.68. The van der Waals surface area contributed by atoms with Gasteiger partial charge in [0.15, 0.2) is 0 Å². The van der Waals surface area contributed by atoms with Crippen molar-refractivity contribution < 1.29 is 0 Å². The fourth-order valence-electron chi connectivity index (χ4n) is 3.77. The Hall–Kier alpha value is -2.12. The Morgan fingerprint density at radius 2 is 0.833 bits per heavy atom. The Bertz CT molecular complexity index is 659. The van der Waals surface area contributed by atoms with Crippen molar-refractivity contribution in [3.8, 4) is 0 Å². The molecule has 0 aliphatic rings. The summed E-state index contributed by atoms with van der Waals surface area (Å²) in [7, 11) is -2.06. The normalized spacial score (nSPS) is 12.1. The SMILES string of the molecule is CC(C)(C)C[Si](c1ccccc1)(c1ccccc1)c1ccccc1. The minimum Gasteiger partial charge on any atom is -0.0624 e.